The summed E-state index contributed by atoms with van der Waals surface area (Å²) in [7, 11) is 4.50. The summed E-state index contributed by atoms with van der Waals surface area (Å²) in [4.78, 5) is 27.2. The fourth-order valence-corrected chi connectivity index (χ4v) is 3.31. The molecule has 0 spiro atoms. The van der Waals surface area contributed by atoms with Gasteiger partial charge in [0.1, 0.15) is 6.04 Å². The molecule has 0 saturated carbocycles. The number of fused-ring (bicyclic) bond motifs is 1. The van der Waals surface area contributed by atoms with Crippen LogP contribution in [0.5, 0.6) is 17.2 Å². The van der Waals surface area contributed by atoms with Crippen molar-refractivity contribution in [1.29, 1.82) is 0 Å². The number of carboxylic acids is 1. The van der Waals surface area contributed by atoms with E-state index in [9.17, 15) is 14.7 Å². The SMILES string of the molecule is COc1cc(C=CC(=O)NC(Cc2c[nH]c3ccccc23)C(=O)O)cc(OC)c1OC. The number of carbonyl (C=O) groups excluding carboxylic acids is 1. The lowest BCUT2D eigenvalue weighted by molar-refractivity contribution is -0.141. The van der Waals surface area contributed by atoms with E-state index in [1.165, 1.54) is 27.4 Å². The van der Waals surface area contributed by atoms with E-state index >= 15 is 0 Å². The average molecular weight is 424 g/mol. The molecule has 162 valence electrons. The lowest BCUT2D eigenvalue weighted by Crippen LogP contribution is -2.41. The van der Waals surface area contributed by atoms with Gasteiger partial charge in [0.25, 0.3) is 0 Å². The van der Waals surface area contributed by atoms with Gasteiger partial charge in [0.15, 0.2) is 11.5 Å². The molecule has 0 fully saturated rings. The van der Waals surface area contributed by atoms with Gasteiger partial charge in [-0.25, -0.2) is 4.79 Å². The lowest BCUT2D eigenvalue weighted by Gasteiger charge is -2.14. The van der Waals surface area contributed by atoms with Gasteiger partial charge in [-0.15, -0.1) is 0 Å². The second-order valence-corrected chi connectivity index (χ2v) is 6.76. The Balaban J connectivity index is 1.74. The van der Waals surface area contributed by atoms with Gasteiger partial charge >= 0.3 is 5.97 Å². The maximum Gasteiger partial charge on any atom is 0.326 e. The normalized spacial score (nSPS) is 12.0. The van der Waals surface area contributed by atoms with Crippen LogP contribution in [0.3, 0.4) is 0 Å². The number of carboxylic acid groups (broad SMARTS) is 1. The van der Waals surface area contributed by atoms with Gasteiger partial charge in [0, 0.05) is 29.6 Å². The fourth-order valence-electron chi connectivity index (χ4n) is 3.31. The number of rotatable bonds is 9. The topological polar surface area (TPSA) is 110 Å². The van der Waals surface area contributed by atoms with Crippen LogP contribution in [0.25, 0.3) is 17.0 Å². The van der Waals surface area contributed by atoms with E-state index in [1.807, 2.05) is 24.3 Å². The molecule has 2 aromatic carbocycles. The quantitative estimate of drug-likeness (QED) is 0.456. The Bertz CT molecular complexity index is 1090. The van der Waals surface area contributed by atoms with Crippen LogP contribution < -0.4 is 19.5 Å². The molecule has 1 unspecified atom stereocenters. The van der Waals surface area contributed by atoms with Crippen molar-refractivity contribution in [3.05, 3.63) is 59.8 Å². The van der Waals surface area contributed by atoms with Crippen LogP contribution in [0.4, 0.5) is 0 Å². The molecule has 3 N–H and O–H groups in total. The first-order valence-electron chi connectivity index (χ1n) is 9.53. The van der Waals surface area contributed by atoms with E-state index in [4.69, 9.17) is 14.2 Å². The second kappa shape index (κ2) is 9.71. The standard InChI is InChI=1S/C23H24N2O6/c1-29-19-10-14(11-20(30-2)22(19)31-3)8-9-21(26)25-18(23(27)28)12-15-13-24-17-7-5-4-6-16(15)17/h4-11,13,18,24H,12H2,1-3H3,(H,25,26)(H,27,28). The van der Waals surface area contributed by atoms with E-state index in [2.05, 4.69) is 10.3 Å². The average Bonchev–Trinajstić information content (AvgIpc) is 3.19. The maximum absolute atomic E-state index is 12.4. The highest BCUT2D eigenvalue weighted by atomic mass is 16.5. The second-order valence-electron chi connectivity index (χ2n) is 6.76. The number of ether oxygens (including phenoxy) is 3. The molecule has 1 atom stereocenters. The summed E-state index contributed by atoms with van der Waals surface area (Å²) < 4.78 is 15.9. The summed E-state index contributed by atoms with van der Waals surface area (Å²) in [5.74, 6) is -0.300. The first-order valence-corrected chi connectivity index (χ1v) is 9.53. The lowest BCUT2D eigenvalue weighted by atomic mass is 10.0. The Labute approximate surface area is 179 Å². The number of para-hydroxylation sites is 1. The molecule has 31 heavy (non-hydrogen) atoms. The zero-order valence-electron chi connectivity index (χ0n) is 17.5. The molecule has 0 saturated heterocycles. The van der Waals surface area contributed by atoms with Crippen molar-refractivity contribution in [2.24, 2.45) is 0 Å². The predicted octanol–water partition coefficient (Wildman–Crippen LogP) is 3.02. The van der Waals surface area contributed by atoms with Crippen LogP contribution in [-0.4, -0.2) is 49.3 Å². The number of hydrogen-bond donors (Lipinski definition) is 3. The van der Waals surface area contributed by atoms with Crippen molar-refractivity contribution < 1.29 is 28.9 Å². The van der Waals surface area contributed by atoms with Crippen LogP contribution >= 0.6 is 0 Å². The Morgan fingerprint density at radius 3 is 2.39 bits per heavy atom. The summed E-state index contributed by atoms with van der Waals surface area (Å²) >= 11 is 0. The van der Waals surface area contributed by atoms with Gasteiger partial charge in [-0.2, -0.15) is 0 Å². The molecule has 8 nitrogen and oxygen atoms in total. The summed E-state index contributed by atoms with van der Waals surface area (Å²) in [6.45, 7) is 0. The molecule has 3 rings (SSSR count). The Morgan fingerprint density at radius 1 is 1.10 bits per heavy atom. The number of nitrogens with one attached hydrogen (secondary N) is 2. The molecule has 3 aromatic rings. The Kier molecular flexibility index (Phi) is 6.81. The van der Waals surface area contributed by atoms with Crippen LogP contribution in [0.1, 0.15) is 11.1 Å². The van der Waals surface area contributed by atoms with Gasteiger partial charge in [0.05, 0.1) is 21.3 Å². The number of benzene rings is 2. The maximum atomic E-state index is 12.4. The molecule has 1 amide bonds. The molecule has 0 aliphatic heterocycles. The molecule has 1 heterocycles. The summed E-state index contributed by atoms with van der Waals surface area (Å²) in [6, 6.07) is 9.90. The predicted molar refractivity (Wildman–Crippen MR) is 117 cm³/mol. The molecular weight excluding hydrogens is 400 g/mol. The van der Waals surface area contributed by atoms with Gasteiger partial charge < -0.3 is 29.6 Å². The van der Waals surface area contributed by atoms with Crippen molar-refractivity contribution in [1.82, 2.24) is 10.3 Å². The van der Waals surface area contributed by atoms with Crippen LogP contribution in [0.15, 0.2) is 48.7 Å². The van der Waals surface area contributed by atoms with Crippen LogP contribution in [0.2, 0.25) is 0 Å². The van der Waals surface area contributed by atoms with E-state index in [0.717, 1.165) is 16.5 Å². The molecule has 8 heteroatoms. The first kappa shape index (κ1) is 21.8. The van der Waals surface area contributed by atoms with Crippen molar-refractivity contribution in [2.75, 3.05) is 21.3 Å². The molecule has 0 aliphatic carbocycles. The summed E-state index contributed by atoms with van der Waals surface area (Å²) in [5, 5.41) is 13.0. The van der Waals surface area contributed by atoms with Crippen molar-refractivity contribution in [2.45, 2.75) is 12.5 Å². The minimum atomic E-state index is -1.11. The third-order valence-electron chi connectivity index (χ3n) is 4.83. The summed E-state index contributed by atoms with van der Waals surface area (Å²) in [6.07, 6.45) is 4.73. The highest BCUT2D eigenvalue weighted by Gasteiger charge is 2.21. The van der Waals surface area contributed by atoms with Gasteiger partial charge in [-0.1, -0.05) is 18.2 Å². The smallest absolute Gasteiger partial charge is 0.326 e. The number of aromatic nitrogens is 1. The largest absolute Gasteiger partial charge is 0.493 e. The Hall–Kier alpha value is -3.94. The number of aliphatic carboxylic acids is 1. The molecule has 0 bridgehead atoms. The minimum Gasteiger partial charge on any atom is -0.493 e. The number of hydrogen-bond acceptors (Lipinski definition) is 5. The third kappa shape index (κ3) is 4.98. The Morgan fingerprint density at radius 2 is 1.77 bits per heavy atom. The van der Waals surface area contributed by atoms with E-state index in [0.29, 0.717) is 22.8 Å². The summed E-state index contributed by atoms with van der Waals surface area (Å²) in [5.41, 5.74) is 2.36. The van der Waals surface area contributed by atoms with Crippen LogP contribution in [-0.2, 0) is 16.0 Å². The van der Waals surface area contributed by atoms with E-state index in [1.54, 1.807) is 24.4 Å². The number of carbonyl (C=O) groups is 2. The highest BCUT2D eigenvalue weighted by molar-refractivity contribution is 5.95. The van der Waals surface area contributed by atoms with Crippen molar-refractivity contribution >= 4 is 28.9 Å². The van der Waals surface area contributed by atoms with Gasteiger partial charge in [-0.3, -0.25) is 4.79 Å². The fraction of sp³-hybridized carbons (Fsp3) is 0.217. The third-order valence-corrected chi connectivity index (χ3v) is 4.83. The number of aromatic amines is 1. The minimum absolute atomic E-state index is 0.156. The van der Waals surface area contributed by atoms with Crippen molar-refractivity contribution in [3.63, 3.8) is 0 Å². The van der Waals surface area contributed by atoms with Gasteiger partial charge in [-0.05, 0) is 35.4 Å². The molecule has 0 aliphatic rings. The molecule has 1 aromatic heterocycles. The zero-order valence-corrected chi connectivity index (χ0v) is 17.5. The highest BCUT2D eigenvalue weighted by Crippen LogP contribution is 2.38. The molecule has 0 radical (unpaired) electrons. The number of amides is 1. The first-order chi connectivity index (χ1) is 15.0. The monoisotopic (exact) mass is 424 g/mol. The number of methoxy groups -OCH3 is 3. The van der Waals surface area contributed by atoms with Gasteiger partial charge in [0.2, 0.25) is 11.7 Å². The zero-order chi connectivity index (χ0) is 22.4. The van der Waals surface area contributed by atoms with Crippen LogP contribution in [0, 0.1) is 0 Å². The number of H-pyrrole nitrogens is 1. The van der Waals surface area contributed by atoms with E-state index in [-0.39, 0.29) is 6.42 Å². The van der Waals surface area contributed by atoms with E-state index < -0.39 is 17.9 Å². The molecular formula is C23H24N2O6. The van der Waals surface area contributed by atoms with Crippen molar-refractivity contribution in [3.8, 4) is 17.2 Å².